The molecule has 0 unspecified atom stereocenters. The van der Waals surface area contributed by atoms with Crippen molar-refractivity contribution in [3.05, 3.63) is 48.7 Å². The van der Waals surface area contributed by atoms with Crippen LogP contribution in [0.25, 0.3) is 16.8 Å². The Balaban J connectivity index is 2.17. The second kappa shape index (κ2) is 4.46. The van der Waals surface area contributed by atoms with E-state index in [1.807, 2.05) is 48.7 Å². The first-order valence-electron chi connectivity index (χ1n) is 5.58. The van der Waals surface area contributed by atoms with Crippen LogP contribution in [0, 0.1) is 0 Å². The van der Waals surface area contributed by atoms with E-state index in [1.165, 1.54) is 7.11 Å². The summed E-state index contributed by atoms with van der Waals surface area (Å²) in [6.07, 6.45) is 1.86. The highest BCUT2D eigenvalue weighted by Gasteiger charge is 2.08. The summed E-state index contributed by atoms with van der Waals surface area (Å²) >= 11 is 0. The van der Waals surface area contributed by atoms with E-state index < -0.39 is 0 Å². The third-order valence-corrected chi connectivity index (χ3v) is 2.64. The van der Waals surface area contributed by atoms with E-state index in [-0.39, 0.29) is 0 Å². The fourth-order valence-corrected chi connectivity index (χ4v) is 1.88. The fraction of sp³-hybridized carbons (Fsp3) is 0.0769. The molecule has 0 saturated carbocycles. The number of hydrogen-bond donors (Lipinski definition) is 1. The van der Waals surface area contributed by atoms with E-state index in [1.54, 1.807) is 4.52 Å². The van der Waals surface area contributed by atoms with Crippen LogP contribution in [0.4, 0.5) is 5.95 Å². The minimum atomic E-state index is 0.445. The molecule has 5 heteroatoms. The predicted molar refractivity (Wildman–Crippen MR) is 69.1 cm³/mol. The average molecular weight is 240 g/mol. The molecule has 90 valence electrons. The molecule has 18 heavy (non-hydrogen) atoms. The van der Waals surface area contributed by atoms with Crippen molar-refractivity contribution in [2.45, 2.75) is 0 Å². The van der Waals surface area contributed by atoms with Gasteiger partial charge in [-0.1, -0.05) is 30.3 Å². The van der Waals surface area contributed by atoms with E-state index in [2.05, 4.69) is 15.6 Å². The zero-order valence-electron chi connectivity index (χ0n) is 9.87. The largest absolute Gasteiger partial charge is 0.277 e. The van der Waals surface area contributed by atoms with Crippen LogP contribution in [0.1, 0.15) is 0 Å². The third kappa shape index (κ3) is 1.80. The minimum Gasteiger partial charge on any atom is -0.277 e. The maximum atomic E-state index is 4.81. The number of benzene rings is 1. The summed E-state index contributed by atoms with van der Waals surface area (Å²) in [7, 11) is 1.53. The predicted octanol–water partition coefficient (Wildman–Crippen LogP) is 2.37. The SMILES string of the molecule is CONc1nc2c(-c3ccccc3)cccn2n1. The first kappa shape index (κ1) is 10.7. The van der Waals surface area contributed by atoms with Gasteiger partial charge < -0.3 is 0 Å². The number of nitrogens with one attached hydrogen (secondary N) is 1. The topological polar surface area (TPSA) is 51.5 Å². The Morgan fingerprint density at radius 2 is 1.94 bits per heavy atom. The van der Waals surface area contributed by atoms with Crippen molar-refractivity contribution in [1.29, 1.82) is 0 Å². The molecule has 3 rings (SSSR count). The molecule has 0 aliphatic carbocycles. The van der Waals surface area contributed by atoms with Gasteiger partial charge in [0.2, 0.25) is 0 Å². The van der Waals surface area contributed by atoms with Gasteiger partial charge in [-0.05, 0) is 17.7 Å². The van der Waals surface area contributed by atoms with E-state index in [0.29, 0.717) is 5.95 Å². The summed E-state index contributed by atoms with van der Waals surface area (Å²) in [5.74, 6) is 0.445. The first-order chi connectivity index (χ1) is 8.88. The minimum absolute atomic E-state index is 0.445. The molecule has 0 bridgehead atoms. The molecule has 0 aliphatic rings. The number of fused-ring (bicyclic) bond motifs is 1. The quantitative estimate of drug-likeness (QED) is 0.714. The lowest BCUT2D eigenvalue weighted by atomic mass is 10.1. The van der Waals surface area contributed by atoms with E-state index >= 15 is 0 Å². The van der Waals surface area contributed by atoms with E-state index in [0.717, 1.165) is 16.8 Å². The number of hydrogen-bond acceptors (Lipinski definition) is 4. The van der Waals surface area contributed by atoms with Crippen LogP contribution in [0.2, 0.25) is 0 Å². The number of rotatable bonds is 3. The molecule has 0 aliphatic heterocycles. The molecular formula is C13H12N4O. The van der Waals surface area contributed by atoms with Crippen LogP contribution < -0.4 is 5.48 Å². The maximum Gasteiger partial charge on any atom is 0.267 e. The van der Waals surface area contributed by atoms with Crippen molar-refractivity contribution in [3.8, 4) is 11.1 Å². The lowest BCUT2D eigenvalue weighted by Crippen LogP contribution is -1.97. The first-order valence-corrected chi connectivity index (χ1v) is 5.58. The summed E-state index contributed by atoms with van der Waals surface area (Å²) in [5.41, 5.74) is 5.57. The van der Waals surface area contributed by atoms with Crippen LogP contribution in [0.3, 0.4) is 0 Å². The number of aromatic nitrogens is 3. The van der Waals surface area contributed by atoms with Gasteiger partial charge in [-0.2, -0.15) is 4.98 Å². The van der Waals surface area contributed by atoms with Crippen molar-refractivity contribution in [3.63, 3.8) is 0 Å². The highest BCUT2D eigenvalue weighted by atomic mass is 16.6. The van der Waals surface area contributed by atoms with Crippen molar-refractivity contribution in [2.75, 3.05) is 12.6 Å². The molecule has 0 fully saturated rings. The monoisotopic (exact) mass is 240 g/mol. The Kier molecular flexibility index (Phi) is 2.66. The summed E-state index contributed by atoms with van der Waals surface area (Å²) in [4.78, 5) is 9.21. The lowest BCUT2D eigenvalue weighted by molar-refractivity contribution is 0.267. The van der Waals surface area contributed by atoms with Gasteiger partial charge in [-0.25, -0.2) is 10.00 Å². The summed E-state index contributed by atoms with van der Waals surface area (Å²) in [5, 5.41) is 4.26. The second-order valence-electron chi connectivity index (χ2n) is 3.80. The zero-order valence-corrected chi connectivity index (χ0v) is 9.87. The van der Waals surface area contributed by atoms with Crippen LogP contribution in [0.15, 0.2) is 48.7 Å². The zero-order chi connectivity index (χ0) is 12.4. The maximum absolute atomic E-state index is 4.81. The molecule has 0 radical (unpaired) electrons. The molecule has 3 aromatic rings. The van der Waals surface area contributed by atoms with Gasteiger partial charge in [0.05, 0.1) is 7.11 Å². The van der Waals surface area contributed by atoms with Crippen LogP contribution in [-0.4, -0.2) is 21.7 Å². The average Bonchev–Trinajstić information content (AvgIpc) is 2.82. The molecule has 0 spiro atoms. The molecule has 0 amide bonds. The molecule has 0 atom stereocenters. The van der Waals surface area contributed by atoms with Gasteiger partial charge in [0.1, 0.15) is 0 Å². The van der Waals surface area contributed by atoms with Gasteiger partial charge in [-0.15, -0.1) is 5.10 Å². The van der Waals surface area contributed by atoms with Crippen molar-refractivity contribution < 1.29 is 4.84 Å². The number of pyridine rings is 1. The van der Waals surface area contributed by atoms with Gasteiger partial charge in [0, 0.05) is 11.8 Å². The Bertz CT molecular complexity index is 663. The molecule has 5 nitrogen and oxygen atoms in total. The molecule has 1 aromatic carbocycles. The highest BCUT2D eigenvalue weighted by molar-refractivity contribution is 5.77. The Morgan fingerprint density at radius 3 is 2.72 bits per heavy atom. The molecule has 2 aromatic heterocycles. The van der Waals surface area contributed by atoms with Crippen LogP contribution in [0.5, 0.6) is 0 Å². The number of anilines is 1. The third-order valence-electron chi connectivity index (χ3n) is 2.64. The second-order valence-corrected chi connectivity index (χ2v) is 3.80. The van der Waals surface area contributed by atoms with Crippen LogP contribution in [-0.2, 0) is 4.84 Å². The fourth-order valence-electron chi connectivity index (χ4n) is 1.88. The summed E-state index contributed by atoms with van der Waals surface area (Å²) in [6, 6.07) is 14.1. The van der Waals surface area contributed by atoms with E-state index in [9.17, 15) is 0 Å². The van der Waals surface area contributed by atoms with E-state index in [4.69, 9.17) is 4.84 Å². The Morgan fingerprint density at radius 1 is 1.11 bits per heavy atom. The van der Waals surface area contributed by atoms with Crippen molar-refractivity contribution >= 4 is 11.6 Å². The molecular weight excluding hydrogens is 228 g/mol. The lowest BCUT2D eigenvalue weighted by Gasteiger charge is -2.01. The van der Waals surface area contributed by atoms with Gasteiger partial charge in [0.25, 0.3) is 5.95 Å². The van der Waals surface area contributed by atoms with Crippen molar-refractivity contribution in [2.24, 2.45) is 0 Å². The standard InChI is InChI=1S/C13H12N4O/c1-18-16-13-14-12-11(8-5-9-17(12)15-13)10-6-3-2-4-7-10/h2-9H,1H3,(H,15,16). The highest BCUT2D eigenvalue weighted by Crippen LogP contribution is 2.23. The normalized spacial score (nSPS) is 10.7. The van der Waals surface area contributed by atoms with Crippen molar-refractivity contribution in [1.82, 2.24) is 14.6 Å². The molecule has 2 heterocycles. The molecule has 1 N–H and O–H groups in total. The summed E-state index contributed by atoms with van der Waals surface area (Å²) < 4.78 is 1.73. The molecule has 0 saturated heterocycles. The van der Waals surface area contributed by atoms with Gasteiger partial charge >= 0.3 is 0 Å². The Hall–Kier alpha value is -2.40. The van der Waals surface area contributed by atoms with Gasteiger partial charge in [-0.3, -0.25) is 4.84 Å². The Labute approximate surface area is 104 Å². The van der Waals surface area contributed by atoms with Crippen LogP contribution >= 0.6 is 0 Å². The smallest absolute Gasteiger partial charge is 0.267 e. The van der Waals surface area contributed by atoms with Gasteiger partial charge in [0.15, 0.2) is 5.65 Å². The number of nitrogens with zero attached hydrogens (tertiary/aromatic N) is 3. The summed E-state index contributed by atoms with van der Waals surface area (Å²) in [6.45, 7) is 0.